The first kappa shape index (κ1) is 21.7. The molecule has 0 saturated carbocycles. The third kappa shape index (κ3) is 3.42. The zero-order valence-corrected chi connectivity index (χ0v) is 20.9. The fourth-order valence-corrected chi connectivity index (χ4v) is 5.67. The van der Waals surface area contributed by atoms with Gasteiger partial charge in [0.1, 0.15) is 11.8 Å². The number of nitrogens with zero attached hydrogens (tertiary/aromatic N) is 3. The van der Waals surface area contributed by atoms with E-state index in [1.165, 1.54) is 16.3 Å². The van der Waals surface area contributed by atoms with E-state index in [0.717, 1.165) is 55.2 Å². The van der Waals surface area contributed by atoms with Crippen molar-refractivity contribution in [3.63, 3.8) is 0 Å². The lowest BCUT2D eigenvalue weighted by Gasteiger charge is -2.18. The fraction of sp³-hybridized carbons (Fsp3) is 0. The normalized spacial score (nSPS) is 11.6. The highest BCUT2D eigenvalue weighted by Crippen LogP contribution is 2.44. The molecule has 4 heteroatoms. The van der Waals surface area contributed by atoms with Gasteiger partial charge in [-0.05, 0) is 63.0 Å². The molecule has 0 unspecified atom stereocenters. The van der Waals surface area contributed by atoms with Gasteiger partial charge in [-0.15, -0.1) is 0 Å². The lowest BCUT2D eigenvalue weighted by molar-refractivity contribution is 0.620. The molecule has 6 aromatic carbocycles. The average molecular weight is 500 g/mol. The molecule has 8 rings (SSSR count). The van der Waals surface area contributed by atoms with Gasteiger partial charge in [0.25, 0.3) is 0 Å². The third-order valence-corrected chi connectivity index (χ3v) is 7.43. The maximum absolute atomic E-state index is 6.02. The van der Waals surface area contributed by atoms with Crippen LogP contribution in [0, 0.1) is 0 Å². The molecule has 0 saturated heterocycles. The van der Waals surface area contributed by atoms with Gasteiger partial charge in [-0.3, -0.25) is 0 Å². The van der Waals surface area contributed by atoms with Crippen LogP contribution in [0.1, 0.15) is 0 Å². The Morgan fingerprint density at radius 1 is 0.436 bits per heavy atom. The highest BCUT2D eigenvalue weighted by Gasteiger charge is 2.19. The molecule has 4 nitrogen and oxygen atoms in total. The molecule has 0 aliphatic carbocycles. The summed E-state index contributed by atoms with van der Waals surface area (Å²) in [6, 6.07) is 41.8. The second-order valence-corrected chi connectivity index (χ2v) is 9.64. The van der Waals surface area contributed by atoms with Crippen molar-refractivity contribution in [2.75, 3.05) is 0 Å². The zero-order valence-electron chi connectivity index (χ0n) is 20.9. The molecule has 8 aromatic rings. The lowest BCUT2D eigenvalue weighted by Crippen LogP contribution is -1.94. The van der Waals surface area contributed by atoms with E-state index in [9.17, 15) is 0 Å². The Morgan fingerprint density at radius 3 is 1.64 bits per heavy atom. The fourth-order valence-electron chi connectivity index (χ4n) is 5.67. The highest BCUT2D eigenvalue weighted by molar-refractivity contribution is 6.22. The van der Waals surface area contributed by atoms with E-state index in [1.807, 2.05) is 42.5 Å². The molecule has 0 aliphatic heterocycles. The predicted molar refractivity (Wildman–Crippen MR) is 158 cm³/mol. The first-order valence-corrected chi connectivity index (χ1v) is 12.9. The monoisotopic (exact) mass is 499 g/mol. The molecule has 182 valence electrons. The summed E-state index contributed by atoms with van der Waals surface area (Å²) >= 11 is 0. The number of hydrogen-bond donors (Lipinski definition) is 0. The van der Waals surface area contributed by atoms with E-state index >= 15 is 0 Å². The van der Waals surface area contributed by atoms with E-state index in [4.69, 9.17) is 9.40 Å². The Hall–Kier alpha value is -5.35. The summed E-state index contributed by atoms with van der Waals surface area (Å²) < 4.78 is 6.02. The van der Waals surface area contributed by atoms with Gasteiger partial charge in [-0.2, -0.15) is 0 Å². The Kier molecular flexibility index (Phi) is 4.79. The maximum Gasteiger partial charge on any atom is 0.227 e. The Bertz CT molecular complexity index is 2080. The minimum absolute atomic E-state index is 0.628. The number of hydrogen-bond acceptors (Lipinski definition) is 4. The summed E-state index contributed by atoms with van der Waals surface area (Å²) in [4.78, 5) is 14.0. The second kappa shape index (κ2) is 8.61. The highest BCUT2D eigenvalue weighted by atomic mass is 16.3. The number of aromatic nitrogens is 3. The van der Waals surface area contributed by atoms with Crippen LogP contribution >= 0.6 is 0 Å². The van der Waals surface area contributed by atoms with Crippen molar-refractivity contribution < 1.29 is 4.42 Å². The molecular formula is C35H21N3O. The molecule has 0 N–H and O–H groups in total. The first-order chi connectivity index (χ1) is 19.3. The van der Waals surface area contributed by atoms with Crippen LogP contribution in [0.2, 0.25) is 0 Å². The van der Waals surface area contributed by atoms with E-state index in [-0.39, 0.29) is 0 Å². The minimum Gasteiger partial charge on any atom is -0.436 e. The molecule has 0 aliphatic rings. The second-order valence-electron chi connectivity index (χ2n) is 9.64. The average Bonchev–Trinajstić information content (AvgIpc) is 3.44. The summed E-state index contributed by atoms with van der Waals surface area (Å²) in [7, 11) is 0. The maximum atomic E-state index is 6.02. The van der Waals surface area contributed by atoms with E-state index in [0.29, 0.717) is 5.89 Å². The Balaban J connectivity index is 1.38. The van der Waals surface area contributed by atoms with Crippen molar-refractivity contribution in [2.45, 2.75) is 0 Å². The van der Waals surface area contributed by atoms with Gasteiger partial charge in [0.2, 0.25) is 5.89 Å². The Labute approximate surface area is 224 Å². The van der Waals surface area contributed by atoms with Gasteiger partial charge < -0.3 is 4.42 Å². The van der Waals surface area contributed by atoms with Crippen molar-refractivity contribution in [2.24, 2.45) is 0 Å². The van der Waals surface area contributed by atoms with Crippen LogP contribution in [0.3, 0.4) is 0 Å². The molecule has 2 aromatic heterocycles. The lowest BCUT2D eigenvalue weighted by atomic mass is 9.86. The van der Waals surface area contributed by atoms with Crippen molar-refractivity contribution in [3.8, 4) is 33.8 Å². The van der Waals surface area contributed by atoms with Crippen LogP contribution < -0.4 is 0 Å². The summed E-state index contributed by atoms with van der Waals surface area (Å²) in [6.45, 7) is 0. The smallest absolute Gasteiger partial charge is 0.227 e. The third-order valence-electron chi connectivity index (χ3n) is 7.43. The molecule has 39 heavy (non-hydrogen) atoms. The van der Waals surface area contributed by atoms with Crippen LogP contribution in [0.15, 0.2) is 132 Å². The minimum atomic E-state index is 0.628. The summed E-state index contributed by atoms with van der Waals surface area (Å²) in [6.07, 6.45) is 1.67. The van der Waals surface area contributed by atoms with Crippen LogP contribution in [0.5, 0.6) is 0 Å². The van der Waals surface area contributed by atoms with Crippen LogP contribution in [-0.2, 0) is 0 Å². The topological polar surface area (TPSA) is 51.8 Å². The van der Waals surface area contributed by atoms with Crippen molar-refractivity contribution in [3.05, 3.63) is 128 Å². The summed E-state index contributed by atoms with van der Waals surface area (Å²) in [5.41, 5.74) is 7.97. The van der Waals surface area contributed by atoms with Gasteiger partial charge in [0, 0.05) is 16.5 Å². The van der Waals surface area contributed by atoms with Gasteiger partial charge in [-0.1, -0.05) is 91.0 Å². The standard InChI is InChI=1S/C35H21N3O/c1-3-11-26-24(9-1)32(22-17-19-23(20-18-22)35-38-30-15-7-8-16-31(30)39-35)25-10-2-4-12-27(25)33(26)34-28-13-5-6-14-29(28)36-21-37-34/h1-21H. The van der Waals surface area contributed by atoms with Crippen LogP contribution in [0.25, 0.3) is 77.4 Å². The molecule has 0 bridgehead atoms. The van der Waals surface area contributed by atoms with E-state index in [1.54, 1.807) is 6.33 Å². The quantitative estimate of drug-likeness (QED) is 0.228. The Morgan fingerprint density at radius 2 is 0.974 bits per heavy atom. The van der Waals surface area contributed by atoms with Crippen LogP contribution in [0.4, 0.5) is 0 Å². The van der Waals surface area contributed by atoms with E-state index < -0.39 is 0 Å². The summed E-state index contributed by atoms with van der Waals surface area (Å²) in [5.74, 6) is 0.628. The van der Waals surface area contributed by atoms with Gasteiger partial charge in [-0.25, -0.2) is 15.0 Å². The molecular weight excluding hydrogens is 478 g/mol. The van der Waals surface area contributed by atoms with Crippen molar-refractivity contribution >= 4 is 43.5 Å². The predicted octanol–water partition coefficient (Wildman–Crippen LogP) is 9.08. The van der Waals surface area contributed by atoms with Crippen molar-refractivity contribution in [1.29, 1.82) is 0 Å². The first-order valence-electron chi connectivity index (χ1n) is 12.9. The van der Waals surface area contributed by atoms with Gasteiger partial charge >= 0.3 is 0 Å². The number of para-hydroxylation sites is 3. The number of rotatable bonds is 3. The zero-order chi connectivity index (χ0) is 25.8. The van der Waals surface area contributed by atoms with Crippen molar-refractivity contribution in [1.82, 2.24) is 15.0 Å². The molecule has 0 spiro atoms. The number of benzene rings is 6. The molecule has 0 atom stereocenters. The van der Waals surface area contributed by atoms with Crippen LogP contribution in [-0.4, -0.2) is 15.0 Å². The number of fused-ring (bicyclic) bond motifs is 4. The molecule has 0 fully saturated rings. The largest absolute Gasteiger partial charge is 0.436 e. The molecule has 0 amide bonds. The van der Waals surface area contributed by atoms with Gasteiger partial charge in [0.15, 0.2) is 5.58 Å². The van der Waals surface area contributed by atoms with E-state index in [2.05, 4.69) is 88.8 Å². The SMILES string of the molecule is c1ccc2oc(-c3ccc(-c4c5ccccc5c(-c5ncnc6ccccc56)c5ccccc45)cc3)nc2c1. The van der Waals surface area contributed by atoms with Gasteiger partial charge in [0.05, 0.1) is 11.2 Å². The summed E-state index contributed by atoms with van der Waals surface area (Å²) in [5, 5.41) is 5.74. The molecule has 2 heterocycles. The number of oxazole rings is 1. The molecule has 0 radical (unpaired) electrons.